The lowest BCUT2D eigenvalue weighted by atomic mass is 10.1. The molecule has 1 N–H and O–H groups in total. The predicted octanol–water partition coefficient (Wildman–Crippen LogP) is 2.44. The number of nitrogens with one attached hydrogen (secondary N) is 1. The minimum atomic E-state index is -3.42. The number of rotatable bonds is 3. The van der Waals surface area contributed by atoms with Gasteiger partial charge in [0.25, 0.3) is 5.91 Å². The highest BCUT2D eigenvalue weighted by molar-refractivity contribution is 7.92. The van der Waals surface area contributed by atoms with E-state index < -0.39 is 16.1 Å². The second-order valence-electron chi connectivity index (χ2n) is 6.90. The number of sulfonamides is 1. The van der Waals surface area contributed by atoms with Crippen LogP contribution in [0.5, 0.6) is 5.75 Å². The van der Waals surface area contributed by atoms with Crippen molar-refractivity contribution in [3.05, 3.63) is 24.3 Å². The maximum Gasteiger partial charge on any atom is 0.261 e. The first-order valence-electron chi connectivity index (χ1n) is 8.99. The van der Waals surface area contributed by atoms with Gasteiger partial charge in [0.15, 0.2) is 6.10 Å². The molecule has 7 heteroatoms. The summed E-state index contributed by atoms with van der Waals surface area (Å²) in [5.41, 5.74) is 0.495. The number of hydrogen-bond donors (Lipinski definition) is 1. The summed E-state index contributed by atoms with van der Waals surface area (Å²) in [6, 6.07) is 7.17. The number of ether oxygens (including phenoxy) is 1. The maximum absolute atomic E-state index is 12.7. The highest BCUT2D eigenvalue weighted by Gasteiger charge is 2.31. The quantitative estimate of drug-likeness (QED) is 0.834. The van der Waals surface area contributed by atoms with Gasteiger partial charge in [0.2, 0.25) is 10.0 Å². The van der Waals surface area contributed by atoms with Gasteiger partial charge in [-0.25, -0.2) is 8.42 Å². The van der Waals surface area contributed by atoms with Crippen LogP contribution in [0, 0.1) is 0 Å². The first kappa shape index (κ1) is 18.0. The van der Waals surface area contributed by atoms with Gasteiger partial charge < -0.3 is 10.1 Å². The van der Waals surface area contributed by atoms with E-state index in [0.717, 1.165) is 25.7 Å². The van der Waals surface area contributed by atoms with Crippen LogP contribution in [0.1, 0.15) is 44.9 Å². The van der Waals surface area contributed by atoms with Crippen LogP contribution in [-0.4, -0.2) is 39.3 Å². The van der Waals surface area contributed by atoms with E-state index in [1.165, 1.54) is 23.4 Å². The fourth-order valence-electron chi connectivity index (χ4n) is 3.58. The normalized spacial score (nSPS) is 22.3. The van der Waals surface area contributed by atoms with Crippen molar-refractivity contribution in [3.63, 3.8) is 0 Å². The number of amides is 1. The van der Waals surface area contributed by atoms with E-state index in [2.05, 4.69) is 5.32 Å². The Labute approximate surface area is 149 Å². The van der Waals surface area contributed by atoms with Gasteiger partial charge in [0.1, 0.15) is 5.75 Å². The van der Waals surface area contributed by atoms with E-state index in [9.17, 15) is 13.2 Å². The van der Waals surface area contributed by atoms with Crippen LogP contribution in [-0.2, 0) is 14.8 Å². The van der Waals surface area contributed by atoms with Crippen molar-refractivity contribution in [1.82, 2.24) is 5.32 Å². The van der Waals surface area contributed by atoms with Crippen molar-refractivity contribution in [1.29, 1.82) is 0 Å². The monoisotopic (exact) mass is 366 g/mol. The summed E-state index contributed by atoms with van der Waals surface area (Å²) in [5, 5.41) is 3.11. The average molecular weight is 366 g/mol. The molecule has 0 saturated heterocycles. The van der Waals surface area contributed by atoms with Crippen molar-refractivity contribution in [2.45, 2.75) is 57.1 Å². The van der Waals surface area contributed by atoms with Gasteiger partial charge in [-0.1, -0.05) is 37.8 Å². The molecule has 1 aromatic carbocycles. The third-order valence-corrected chi connectivity index (χ3v) is 6.07. The molecule has 0 aromatic heterocycles. The van der Waals surface area contributed by atoms with Crippen molar-refractivity contribution < 1.29 is 17.9 Å². The third kappa shape index (κ3) is 4.45. The first-order valence-corrected chi connectivity index (χ1v) is 10.8. The maximum atomic E-state index is 12.7. The third-order valence-electron chi connectivity index (χ3n) is 4.89. The van der Waals surface area contributed by atoms with Gasteiger partial charge in [0, 0.05) is 19.0 Å². The molecule has 2 aliphatic rings. The van der Waals surface area contributed by atoms with E-state index in [-0.39, 0.29) is 18.5 Å². The number of para-hydroxylation sites is 2. The molecule has 1 heterocycles. The molecule has 1 amide bonds. The van der Waals surface area contributed by atoms with Crippen LogP contribution >= 0.6 is 0 Å². The summed E-state index contributed by atoms with van der Waals surface area (Å²) in [6.45, 7) is 0.235. The van der Waals surface area contributed by atoms with Crippen LogP contribution in [0.3, 0.4) is 0 Å². The van der Waals surface area contributed by atoms with E-state index >= 15 is 0 Å². The highest BCUT2D eigenvalue weighted by Crippen LogP contribution is 2.33. The summed E-state index contributed by atoms with van der Waals surface area (Å²) < 4.78 is 31.4. The van der Waals surface area contributed by atoms with Crippen molar-refractivity contribution in [2.75, 3.05) is 17.1 Å². The zero-order valence-corrected chi connectivity index (χ0v) is 15.4. The summed E-state index contributed by atoms with van der Waals surface area (Å²) in [7, 11) is -3.42. The van der Waals surface area contributed by atoms with Crippen molar-refractivity contribution in [2.24, 2.45) is 0 Å². The zero-order chi connectivity index (χ0) is 17.9. The van der Waals surface area contributed by atoms with Gasteiger partial charge in [-0.3, -0.25) is 9.10 Å². The number of nitrogens with zero attached hydrogens (tertiary/aromatic N) is 1. The van der Waals surface area contributed by atoms with Gasteiger partial charge in [0.05, 0.1) is 11.9 Å². The number of benzene rings is 1. The Hall–Kier alpha value is -1.76. The van der Waals surface area contributed by atoms with Crippen LogP contribution in [0.15, 0.2) is 24.3 Å². The molecular formula is C18H26N2O4S. The minimum absolute atomic E-state index is 0.142. The van der Waals surface area contributed by atoms with Gasteiger partial charge in [-0.2, -0.15) is 0 Å². The average Bonchev–Trinajstić information content (AvgIpc) is 2.92. The van der Waals surface area contributed by atoms with E-state index in [1.54, 1.807) is 24.3 Å². The first-order chi connectivity index (χ1) is 11.9. The van der Waals surface area contributed by atoms with Crippen molar-refractivity contribution >= 4 is 21.6 Å². The fraction of sp³-hybridized carbons (Fsp3) is 0.611. The number of anilines is 1. The molecule has 0 bridgehead atoms. The Morgan fingerprint density at radius 3 is 2.48 bits per heavy atom. The molecule has 6 nitrogen and oxygen atoms in total. The van der Waals surface area contributed by atoms with E-state index in [4.69, 9.17) is 4.74 Å². The molecule has 138 valence electrons. The number of carbonyl (C=O) groups excluding carboxylic acids is 1. The van der Waals surface area contributed by atoms with Gasteiger partial charge in [-0.05, 0) is 25.0 Å². The Morgan fingerprint density at radius 2 is 1.80 bits per heavy atom. The standard InChI is InChI=1S/C18H26N2O4S/c1-25(22,23)20-13-12-17(24-16-11-7-6-10-15(16)20)18(21)19-14-8-4-2-3-5-9-14/h6-7,10-11,14,17H,2-5,8-9,12-13H2,1H3,(H,19,21)/t17-/m0/s1. The zero-order valence-electron chi connectivity index (χ0n) is 14.6. The summed E-state index contributed by atoms with van der Waals surface area (Å²) in [6.07, 6.45) is 7.58. The molecule has 0 radical (unpaired) electrons. The van der Waals surface area contributed by atoms with Crippen LogP contribution < -0.4 is 14.4 Å². The largest absolute Gasteiger partial charge is 0.478 e. The Morgan fingerprint density at radius 1 is 1.12 bits per heavy atom. The summed E-state index contributed by atoms with van der Waals surface area (Å²) in [5.74, 6) is 0.295. The number of hydrogen-bond acceptors (Lipinski definition) is 4. The minimum Gasteiger partial charge on any atom is -0.478 e. The predicted molar refractivity (Wildman–Crippen MR) is 97.3 cm³/mol. The lowest BCUT2D eigenvalue weighted by molar-refractivity contribution is -0.128. The van der Waals surface area contributed by atoms with Gasteiger partial charge >= 0.3 is 0 Å². The summed E-state index contributed by atoms with van der Waals surface area (Å²) in [4.78, 5) is 12.7. The lowest BCUT2D eigenvalue weighted by Crippen LogP contribution is -2.44. The van der Waals surface area contributed by atoms with E-state index in [1.807, 2.05) is 0 Å². The molecule has 0 spiro atoms. The van der Waals surface area contributed by atoms with Crippen LogP contribution in [0.25, 0.3) is 0 Å². The smallest absolute Gasteiger partial charge is 0.261 e. The molecule has 25 heavy (non-hydrogen) atoms. The molecule has 1 aliphatic heterocycles. The van der Waals surface area contributed by atoms with Gasteiger partial charge in [-0.15, -0.1) is 0 Å². The summed E-state index contributed by atoms with van der Waals surface area (Å²) >= 11 is 0. The molecule has 1 atom stereocenters. The van der Waals surface area contributed by atoms with Crippen LogP contribution in [0.4, 0.5) is 5.69 Å². The number of fused-ring (bicyclic) bond motifs is 1. The molecule has 1 fully saturated rings. The number of carbonyl (C=O) groups is 1. The molecule has 1 saturated carbocycles. The Kier molecular flexibility index (Phi) is 5.51. The fourth-order valence-corrected chi connectivity index (χ4v) is 4.52. The van der Waals surface area contributed by atoms with Crippen molar-refractivity contribution in [3.8, 4) is 5.75 Å². The SMILES string of the molecule is CS(=O)(=O)N1CC[C@@H](C(=O)NC2CCCCCC2)Oc2ccccc21. The second-order valence-corrected chi connectivity index (χ2v) is 8.80. The molecule has 1 aromatic rings. The van der Waals surface area contributed by atoms with E-state index in [0.29, 0.717) is 17.9 Å². The lowest BCUT2D eigenvalue weighted by Gasteiger charge is -2.21. The Bertz CT molecular complexity index is 712. The molecule has 0 unspecified atom stereocenters. The van der Waals surface area contributed by atoms with Crippen LogP contribution in [0.2, 0.25) is 0 Å². The molecular weight excluding hydrogens is 340 g/mol. The molecule has 3 rings (SSSR count). The Balaban J connectivity index is 1.75. The highest BCUT2D eigenvalue weighted by atomic mass is 32.2. The molecule has 1 aliphatic carbocycles. The second kappa shape index (κ2) is 7.64. The topological polar surface area (TPSA) is 75.7 Å².